The third-order valence-corrected chi connectivity index (χ3v) is 5.00. The molecule has 0 unspecified atom stereocenters. The molecule has 2 rings (SSSR count). The first kappa shape index (κ1) is 14.7. The predicted octanol–water partition coefficient (Wildman–Crippen LogP) is 2.51. The zero-order valence-corrected chi connectivity index (χ0v) is 13.6. The Morgan fingerprint density at radius 3 is 1.90 bits per heavy atom. The molecule has 0 aromatic heterocycles. The van der Waals surface area contributed by atoms with E-state index in [1.807, 2.05) is 59.3 Å². The summed E-state index contributed by atoms with van der Waals surface area (Å²) in [5.41, 5.74) is 1.42. The average Bonchev–Trinajstić information content (AvgIpc) is 2.49. The number of nitrogens with zero attached hydrogens (tertiary/aromatic N) is 3. The zero-order valence-electron chi connectivity index (χ0n) is 13.6. The van der Waals surface area contributed by atoms with E-state index in [1.54, 1.807) is 0 Å². The highest BCUT2D eigenvalue weighted by atomic mass is 16.5. The van der Waals surface area contributed by atoms with Gasteiger partial charge in [-0.1, -0.05) is 0 Å². The van der Waals surface area contributed by atoms with Gasteiger partial charge >= 0.3 is 0 Å². The smallest absolute Gasteiger partial charge is 0.283 e. The minimum atomic E-state index is -0.461. The van der Waals surface area contributed by atoms with Crippen LogP contribution in [0.4, 0.5) is 5.69 Å². The van der Waals surface area contributed by atoms with Gasteiger partial charge in [-0.2, -0.15) is 0 Å². The molecule has 0 radical (unpaired) electrons. The maximum atomic E-state index is 12.7. The van der Waals surface area contributed by atoms with Crippen LogP contribution in [-0.4, -0.2) is 47.7 Å². The Hall–Kier alpha value is -1.71. The van der Waals surface area contributed by atoms with E-state index in [1.165, 1.54) is 0 Å². The summed E-state index contributed by atoms with van der Waals surface area (Å²) >= 11 is 0. The number of hydrogen-bond donors (Lipinski definition) is 0. The quantitative estimate of drug-likeness (QED) is 0.614. The summed E-state index contributed by atoms with van der Waals surface area (Å²) in [6, 6.07) is 8.12. The SMILES string of the molecule is CN(C)c1ccc(C2=[N+]([O-])C(C)(C)C(C)(C)N2C)cc1. The van der Waals surface area contributed by atoms with Crippen LogP contribution in [0.3, 0.4) is 0 Å². The van der Waals surface area contributed by atoms with Gasteiger partial charge in [0.1, 0.15) is 11.1 Å². The number of hydrogen-bond acceptors (Lipinski definition) is 3. The normalized spacial score (nSPS) is 20.4. The van der Waals surface area contributed by atoms with Crippen molar-refractivity contribution in [1.29, 1.82) is 0 Å². The van der Waals surface area contributed by atoms with E-state index in [-0.39, 0.29) is 5.54 Å². The summed E-state index contributed by atoms with van der Waals surface area (Å²) in [5, 5.41) is 12.7. The maximum Gasteiger partial charge on any atom is 0.283 e. The Labute approximate surface area is 121 Å². The molecule has 0 aliphatic carbocycles. The number of rotatable bonds is 2. The van der Waals surface area contributed by atoms with Crippen molar-refractivity contribution in [2.75, 3.05) is 26.0 Å². The van der Waals surface area contributed by atoms with Crippen LogP contribution in [0.15, 0.2) is 24.3 Å². The summed E-state index contributed by atoms with van der Waals surface area (Å²) in [5.74, 6) is 0.741. The molecule has 1 aliphatic rings. The maximum absolute atomic E-state index is 12.7. The third kappa shape index (κ3) is 1.86. The minimum absolute atomic E-state index is 0.218. The van der Waals surface area contributed by atoms with Crippen LogP contribution < -0.4 is 4.90 Å². The average molecular weight is 275 g/mol. The molecule has 1 heterocycles. The Bertz CT molecular complexity index is 541. The lowest BCUT2D eigenvalue weighted by Gasteiger charge is -2.35. The number of anilines is 1. The number of hydroxylamine groups is 1. The third-order valence-electron chi connectivity index (χ3n) is 5.00. The predicted molar refractivity (Wildman–Crippen MR) is 84.4 cm³/mol. The van der Waals surface area contributed by atoms with E-state index in [0.717, 1.165) is 21.8 Å². The molecule has 0 atom stereocenters. The fourth-order valence-electron chi connectivity index (χ4n) is 2.54. The molecule has 0 bridgehead atoms. The van der Waals surface area contributed by atoms with Crippen molar-refractivity contribution in [2.45, 2.75) is 38.8 Å². The lowest BCUT2D eigenvalue weighted by atomic mass is 9.83. The lowest BCUT2D eigenvalue weighted by molar-refractivity contribution is -0.539. The molecule has 20 heavy (non-hydrogen) atoms. The molecule has 0 amide bonds. The fraction of sp³-hybridized carbons (Fsp3) is 0.562. The van der Waals surface area contributed by atoms with Crippen LogP contribution in [0.1, 0.15) is 33.3 Å². The molecule has 110 valence electrons. The molecule has 0 spiro atoms. The van der Waals surface area contributed by atoms with Gasteiger partial charge in [0.25, 0.3) is 5.84 Å². The Morgan fingerprint density at radius 1 is 1.05 bits per heavy atom. The van der Waals surface area contributed by atoms with E-state index < -0.39 is 5.54 Å². The Morgan fingerprint density at radius 2 is 1.55 bits per heavy atom. The van der Waals surface area contributed by atoms with Crippen molar-refractivity contribution in [3.05, 3.63) is 35.0 Å². The van der Waals surface area contributed by atoms with Crippen LogP contribution in [0.25, 0.3) is 0 Å². The van der Waals surface area contributed by atoms with E-state index in [9.17, 15) is 5.21 Å². The first-order valence-electron chi connectivity index (χ1n) is 6.96. The van der Waals surface area contributed by atoms with Crippen molar-refractivity contribution >= 4 is 11.5 Å². The first-order valence-corrected chi connectivity index (χ1v) is 6.96. The fourth-order valence-corrected chi connectivity index (χ4v) is 2.54. The van der Waals surface area contributed by atoms with Gasteiger partial charge in [0, 0.05) is 19.8 Å². The van der Waals surface area contributed by atoms with Gasteiger partial charge in [-0.15, -0.1) is 0 Å². The molecule has 1 aromatic carbocycles. The van der Waals surface area contributed by atoms with E-state index in [2.05, 4.69) is 23.6 Å². The van der Waals surface area contributed by atoms with Crippen LogP contribution in [0.5, 0.6) is 0 Å². The largest absolute Gasteiger partial charge is 0.715 e. The van der Waals surface area contributed by atoms with E-state index in [4.69, 9.17) is 0 Å². The van der Waals surface area contributed by atoms with Crippen molar-refractivity contribution in [3.63, 3.8) is 0 Å². The van der Waals surface area contributed by atoms with Crippen molar-refractivity contribution in [1.82, 2.24) is 4.90 Å². The van der Waals surface area contributed by atoms with E-state index >= 15 is 0 Å². The molecular weight excluding hydrogens is 250 g/mol. The summed E-state index contributed by atoms with van der Waals surface area (Å²) in [4.78, 5) is 4.14. The van der Waals surface area contributed by atoms with Gasteiger partial charge < -0.3 is 10.1 Å². The summed E-state index contributed by atoms with van der Waals surface area (Å²) in [6.45, 7) is 8.22. The molecule has 1 aliphatic heterocycles. The molecule has 4 nitrogen and oxygen atoms in total. The Balaban J connectivity index is 2.49. The second-order valence-corrected chi connectivity index (χ2v) is 6.74. The Kier molecular flexibility index (Phi) is 3.23. The van der Waals surface area contributed by atoms with Crippen LogP contribution in [0.2, 0.25) is 0 Å². The highest BCUT2D eigenvalue weighted by molar-refractivity contribution is 5.97. The van der Waals surface area contributed by atoms with Gasteiger partial charge in [0.2, 0.25) is 0 Å². The molecule has 1 aromatic rings. The number of benzene rings is 1. The number of amidine groups is 1. The molecule has 0 N–H and O–H groups in total. The van der Waals surface area contributed by atoms with E-state index in [0.29, 0.717) is 0 Å². The topological polar surface area (TPSA) is 32.5 Å². The van der Waals surface area contributed by atoms with Gasteiger partial charge in [-0.25, -0.2) is 0 Å². The highest BCUT2D eigenvalue weighted by Gasteiger charge is 2.56. The van der Waals surface area contributed by atoms with Gasteiger partial charge in [-0.3, -0.25) is 9.64 Å². The standard InChI is InChI=1S/C16H25N3O/c1-15(2)16(3,4)19(20)14(18(15)7)12-8-10-13(11-9-12)17(5)6/h8-11H,1-7H3. The van der Waals surface area contributed by atoms with Crippen LogP contribution in [0, 0.1) is 5.21 Å². The molecule has 0 saturated carbocycles. The lowest BCUT2D eigenvalue weighted by Crippen LogP contribution is -2.53. The molecule has 0 fully saturated rings. The first-order chi connectivity index (χ1) is 9.10. The van der Waals surface area contributed by atoms with Crippen LogP contribution in [-0.2, 0) is 0 Å². The van der Waals surface area contributed by atoms with Crippen molar-refractivity contribution in [3.8, 4) is 0 Å². The zero-order chi connectivity index (χ0) is 15.3. The summed E-state index contributed by atoms with van der Waals surface area (Å²) < 4.78 is 1.15. The second-order valence-electron chi connectivity index (χ2n) is 6.74. The molecular formula is C16H25N3O. The minimum Gasteiger partial charge on any atom is -0.715 e. The molecule has 0 saturated heterocycles. The monoisotopic (exact) mass is 275 g/mol. The van der Waals surface area contributed by atoms with Gasteiger partial charge in [0.05, 0.1) is 12.6 Å². The van der Waals surface area contributed by atoms with Crippen molar-refractivity contribution in [2.24, 2.45) is 0 Å². The second kappa shape index (κ2) is 4.40. The van der Waals surface area contributed by atoms with Crippen LogP contribution >= 0.6 is 0 Å². The van der Waals surface area contributed by atoms with Gasteiger partial charge in [-0.05, 0) is 52.0 Å². The van der Waals surface area contributed by atoms with Crippen molar-refractivity contribution < 1.29 is 4.74 Å². The highest BCUT2D eigenvalue weighted by Crippen LogP contribution is 2.37. The molecule has 4 heteroatoms. The summed E-state index contributed by atoms with van der Waals surface area (Å²) in [7, 11) is 6.01. The number of likely N-dealkylation sites (N-methyl/N-ethyl adjacent to an activating group) is 1. The summed E-state index contributed by atoms with van der Waals surface area (Å²) in [6.07, 6.45) is 0. The van der Waals surface area contributed by atoms with Gasteiger partial charge in [0.15, 0.2) is 0 Å².